The summed E-state index contributed by atoms with van der Waals surface area (Å²) in [7, 11) is 2.02. The third-order valence-electron chi connectivity index (χ3n) is 0.995. The molecule has 0 atom stereocenters. The predicted octanol–water partition coefficient (Wildman–Crippen LogP) is 0.410. The Morgan fingerprint density at radius 3 is 2.62 bits per heavy atom. The highest BCUT2D eigenvalue weighted by Gasteiger charge is 1.78. The first-order valence-electron chi connectivity index (χ1n) is 2.88. The van der Waals surface area contributed by atoms with Crippen LogP contribution in [0.2, 0.25) is 0 Å². The van der Waals surface area contributed by atoms with Crippen molar-refractivity contribution in [3.63, 3.8) is 0 Å². The second-order valence-corrected chi connectivity index (χ2v) is 1.69. The SMILES string of the molecule is CCN(C)/C=C/CN. The molecule has 0 amide bonds. The van der Waals surface area contributed by atoms with Gasteiger partial charge >= 0.3 is 0 Å². The molecule has 0 aromatic carbocycles. The molecule has 0 aromatic heterocycles. The molecule has 0 rings (SSSR count). The summed E-state index contributed by atoms with van der Waals surface area (Å²) < 4.78 is 0. The van der Waals surface area contributed by atoms with Crippen molar-refractivity contribution in [2.24, 2.45) is 5.73 Å². The number of nitrogens with zero attached hydrogens (tertiary/aromatic N) is 1. The van der Waals surface area contributed by atoms with Gasteiger partial charge in [-0.15, -0.1) is 0 Å². The molecule has 2 heteroatoms. The predicted molar refractivity (Wildman–Crippen MR) is 36.5 cm³/mol. The van der Waals surface area contributed by atoms with E-state index in [0.717, 1.165) is 6.54 Å². The zero-order valence-corrected chi connectivity index (χ0v) is 5.59. The highest BCUT2D eigenvalue weighted by molar-refractivity contribution is 4.80. The highest BCUT2D eigenvalue weighted by atomic mass is 15.1. The average molecular weight is 114 g/mol. The standard InChI is InChI=1S/C6H14N2/c1-3-8(2)6-4-5-7/h4,6H,3,5,7H2,1-2H3/b6-4+. The van der Waals surface area contributed by atoms with Gasteiger partial charge in [-0.25, -0.2) is 0 Å². The molecule has 48 valence electrons. The molecule has 0 spiro atoms. The Labute approximate surface area is 51.0 Å². The Bertz CT molecular complexity index is 68.9. The van der Waals surface area contributed by atoms with E-state index in [9.17, 15) is 0 Å². The summed E-state index contributed by atoms with van der Waals surface area (Å²) in [4.78, 5) is 2.08. The summed E-state index contributed by atoms with van der Waals surface area (Å²) in [5.74, 6) is 0. The van der Waals surface area contributed by atoms with Gasteiger partial charge in [0.1, 0.15) is 0 Å². The molecule has 0 saturated heterocycles. The van der Waals surface area contributed by atoms with E-state index in [4.69, 9.17) is 5.73 Å². The first kappa shape index (κ1) is 7.50. The second kappa shape index (κ2) is 4.65. The van der Waals surface area contributed by atoms with Crippen LogP contribution >= 0.6 is 0 Å². The average Bonchev–Trinajstić information content (AvgIpc) is 1.83. The van der Waals surface area contributed by atoms with Crippen molar-refractivity contribution in [2.45, 2.75) is 6.92 Å². The number of nitrogens with two attached hydrogens (primary N) is 1. The number of hydrogen-bond acceptors (Lipinski definition) is 2. The van der Waals surface area contributed by atoms with Crippen molar-refractivity contribution in [3.8, 4) is 0 Å². The van der Waals surface area contributed by atoms with E-state index in [1.807, 2.05) is 19.3 Å². The van der Waals surface area contributed by atoms with E-state index in [-0.39, 0.29) is 0 Å². The lowest BCUT2D eigenvalue weighted by atomic mass is 10.5. The molecule has 0 bridgehead atoms. The van der Waals surface area contributed by atoms with Crippen LogP contribution in [0.5, 0.6) is 0 Å². The van der Waals surface area contributed by atoms with Crippen LogP contribution in [0.25, 0.3) is 0 Å². The summed E-state index contributed by atoms with van der Waals surface area (Å²) in [6.45, 7) is 3.77. The van der Waals surface area contributed by atoms with E-state index in [0.29, 0.717) is 6.54 Å². The minimum atomic E-state index is 0.629. The van der Waals surface area contributed by atoms with Gasteiger partial charge in [-0.05, 0) is 13.1 Å². The Kier molecular flexibility index (Phi) is 4.36. The molecular formula is C6H14N2. The molecule has 0 aromatic rings. The molecular weight excluding hydrogens is 100 g/mol. The summed E-state index contributed by atoms with van der Waals surface area (Å²) in [5.41, 5.74) is 5.22. The Morgan fingerprint density at radius 1 is 1.62 bits per heavy atom. The molecule has 0 radical (unpaired) electrons. The fourth-order valence-corrected chi connectivity index (χ4v) is 0.346. The van der Waals surface area contributed by atoms with Crippen molar-refractivity contribution < 1.29 is 0 Å². The molecule has 0 fully saturated rings. The lowest BCUT2D eigenvalue weighted by Gasteiger charge is -2.07. The third-order valence-corrected chi connectivity index (χ3v) is 0.995. The first-order chi connectivity index (χ1) is 3.81. The van der Waals surface area contributed by atoms with Crippen LogP contribution in [0.3, 0.4) is 0 Å². The van der Waals surface area contributed by atoms with Gasteiger partial charge in [0.2, 0.25) is 0 Å². The number of rotatable bonds is 3. The van der Waals surface area contributed by atoms with E-state index < -0.39 is 0 Å². The maximum atomic E-state index is 5.22. The van der Waals surface area contributed by atoms with Crippen LogP contribution in [0, 0.1) is 0 Å². The second-order valence-electron chi connectivity index (χ2n) is 1.69. The fraction of sp³-hybridized carbons (Fsp3) is 0.667. The van der Waals surface area contributed by atoms with Gasteiger partial charge in [-0.2, -0.15) is 0 Å². The minimum Gasteiger partial charge on any atom is -0.381 e. The fourth-order valence-electron chi connectivity index (χ4n) is 0.346. The van der Waals surface area contributed by atoms with Crippen LogP contribution in [0.1, 0.15) is 6.92 Å². The Balaban J connectivity index is 3.21. The van der Waals surface area contributed by atoms with Gasteiger partial charge in [0.25, 0.3) is 0 Å². The van der Waals surface area contributed by atoms with Crippen molar-refractivity contribution in [1.29, 1.82) is 0 Å². The van der Waals surface area contributed by atoms with Crippen molar-refractivity contribution in [2.75, 3.05) is 20.1 Å². The van der Waals surface area contributed by atoms with E-state index in [1.165, 1.54) is 0 Å². The topological polar surface area (TPSA) is 29.3 Å². The van der Waals surface area contributed by atoms with Crippen LogP contribution < -0.4 is 5.73 Å². The molecule has 0 aliphatic carbocycles. The van der Waals surface area contributed by atoms with E-state index in [1.54, 1.807) is 0 Å². The van der Waals surface area contributed by atoms with E-state index >= 15 is 0 Å². The zero-order valence-electron chi connectivity index (χ0n) is 5.59. The van der Waals surface area contributed by atoms with Crippen molar-refractivity contribution >= 4 is 0 Å². The van der Waals surface area contributed by atoms with Gasteiger partial charge in [0, 0.05) is 20.1 Å². The third kappa shape index (κ3) is 3.68. The molecule has 2 nitrogen and oxygen atoms in total. The summed E-state index contributed by atoms with van der Waals surface area (Å²) in [5, 5.41) is 0. The quantitative estimate of drug-likeness (QED) is 0.576. The smallest absolute Gasteiger partial charge is 0.0140 e. The summed E-state index contributed by atoms with van der Waals surface area (Å²) >= 11 is 0. The molecule has 0 aliphatic rings. The molecule has 0 heterocycles. The van der Waals surface area contributed by atoms with Crippen LogP contribution in [0.4, 0.5) is 0 Å². The molecule has 0 unspecified atom stereocenters. The largest absolute Gasteiger partial charge is 0.381 e. The number of hydrogen-bond donors (Lipinski definition) is 1. The van der Waals surface area contributed by atoms with Gasteiger partial charge in [-0.1, -0.05) is 6.08 Å². The summed E-state index contributed by atoms with van der Waals surface area (Å²) in [6, 6.07) is 0. The Morgan fingerprint density at radius 2 is 2.25 bits per heavy atom. The lowest BCUT2D eigenvalue weighted by molar-refractivity contribution is 0.483. The van der Waals surface area contributed by atoms with Crippen LogP contribution in [0.15, 0.2) is 12.3 Å². The summed E-state index contributed by atoms with van der Waals surface area (Å²) in [6.07, 6.45) is 3.92. The van der Waals surface area contributed by atoms with Gasteiger partial charge in [-0.3, -0.25) is 0 Å². The Hall–Kier alpha value is -0.500. The molecule has 0 saturated carbocycles. The van der Waals surface area contributed by atoms with Gasteiger partial charge in [0.15, 0.2) is 0 Å². The van der Waals surface area contributed by atoms with Crippen molar-refractivity contribution in [3.05, 3.63) is 12.3 Å². The molecule has 0 aliphatic heterocycles. The highest BCUT2D eigenvalue weighted by Crippen LogP contribution is 1.79. The first-order valence-corrected chi connectivity index (χ1v) is 2.88. The van der Waals surface area contributed by atoms with Crippen LogP contribution in [-0.4, -0.2) is 25.0 Å². The minimum absolute atomic E-state index is 0.629. The zero-order chi connectivity index (χ0) is 6.41. The van der Waals surface area contributed by atoms with E-state index in [2.05, 4.69) is 11.8 Å². The maximum absolute atomic E-state index is 5.22. The normalized spacial score (nSPS) is 10.4. The monoisotopic (exact) mass is 114 g/mol. The molecule has 8 heavy (non-hydrogen) atoms. The lowest BCUT2D eigenvalue weighted by Crippen LogP contribution is -2.09. The van der Waals surface area contributed by atoms with Gasteiger partial charge in [0.05, 0.1) is 0 Å². The van der Waals surface area contributed by atoms with Crippen molar-refractivity contribution in [1.82, 2.24) is 4.90 Å². The molecule has 2 N–H and O–H groups in total. The van der Waals surface area contributed by atoms with Gasteiger partial charge < -0.3 is 10.6 Å². The van der Waals surface area contributed by atoms with Crippen LogP contribution in [-0.2, 0) is 0 Å². The maximum Gasteiger partial charge on any atom is 0.0140 e.